The third-order valence-electron chi connectivity index (χ3n) is 5.52. The maximum atomic E-state index is 13.1. The molecular formula is C30H27N3O5S2. The Balaban J connectivity index is 1.36. The van der Waals surface area contributed by atoms with Gasteiger partial charge in [-0.3, -0.25) is 14.4 Å². The molecule has 1 aromatic heterocycles. The molecule has 8 nitrogen and oxygen atoms in total. The van der Waals surface area contributed by atoms with Crippen molar-refractivity contribution in [2.75, 3.05) is 30.6 Å². The number of ether oxygens (including phenoxy) is 2. The summed E-state index contributed by atoms with van der Waals surface area (Å²) in [6.45, 7) is 0. The summed E-state index contributed by atoms with van der Waals surface area (Å²) in [5.41, 5.74) is 1.68. The summed E-state index contributed by atoms with van der Waals surface area (Å²) < 4.78 is 10.5. The summed E-state index contributed by atoms with van der Waals surface area (Å²) >= 11 is 2.81. The van der Waals surface area contributed by atoms with Crippen molar-refractivity contribution >= 4 is 58.3 Å². The lowest BCUT2D eigenvalue weighted by molar-refractivity contribution is -0.114. The first-order chi connectivity index (χ1) is 19.4. The van der Waals surface area contributed by atoms with E-state index in [2.05, 4.69) is 16.0 Å². The van der Waals surface area contributed by atoms with Gasteiger partial charge in [-0.05, 0) is 66.1 Å². The summed E-state index contributed by atoms with van der Waals surface area (Å²) in [6.07, 6.45) is 1.64. The molecule has 0 aliphatic heterocycles. The van der Waals surface area contributed by atoms with Gasteiger partial charge in [0.15, 0.2) is 0 Å². The van der Waals surface area contributed by atoms with E-state index in [9.17, 15) is 14.4 Å². The molecule has 0 spiro atoms. The van der Waals surface area contributed by atoms with Crippen molar-refractivity contribution in [3.63, 3.8) is 0 Å². The van der Waals surface area contributed by atoms with Gasteiger partial charge in [-0.15, -0.1) is 23.1 Å². The van der Waals surface area contributed by atoms with Gasteiger partial charge in [0.2, 0.25) is 5.91 Å². The number of nitrogens with one attached hydrogen (secondary N) is 3. The molecule has 0 aliphatic rings. The Labute approximate surface area is 240 Å². The summed E-state index contributed by atoms with van der Waals surface area (Å²) in [6, 6.07) is 24.7. The summed E-state index contributed by atoms with van der Waals surface area (Å²) in [7, 11) is 3.09. The van der Waals surface area contributed by atoms with E-state index in [4.69, 9.17) is 9.47 Å². The highest BCUT2D eigenvalue weighted by molar-refractivity contribution is 8.00. The smallest absolute Gasteiger partial charge is 0.272 e. The van der Waals surface area contributed by atoms with Crippen LogP contribution in [-0.2, 0) is 9.59 Å². The van der Waals surface area contributed by atoms with Gasteiger partial charge in [0, 0.05) is 27.1 Å². The molecule has 4 aromatic rings. The molecule has 0 radical (unpaired) electrons. The van der Waals surface area contributed by atoms with Gasteiger partial charge in [0.1, 0.15) is 17.2 Å². The summed E-state index contributed by atoms with van der Waals surface area (Å²) in [4.78, 5) is 40.0. The lowest BCUT2D eigenvalue weighted by Crippen LogP contribution is -2.30. The van der Waals surface area contributed by atoms with E-state index in [1.165, 1.54) is 30.2 Å². The van der Waals surface area contributed by atoms with Crippen molar-refractivity contribution in [3.8, 4) is 11.5 Å². The van der Waals surface area contributed by atoms with Gasteiger partial charge >= 0.3 is 0 Å². The molecule has 0 bridgehead atoms. The summed E-state index contributed by atoms with van der Waals surface area (Å²) in [5.74, 6) is 0.291. The lowest BCUT2D eigenvalue weighted by Gasteiger charge is -2.12. The van der Waals surface area contributed by atoms with Crippen LogP contribution in [-0.4, -0.2) is 37.7 Å². The number of carbonyl (C=O) groups is 3. The SMILES string of the molecule is COc1ccc(NC(=O)CSc2ccc(NC(=O)/C(=C/c3cccs3)NC(=O)c3ccccc3)cc2)c(OC)c1. The Morgan fingerprint density at radius 1 is 0.875 bits per heavy atom. The molecule has 0 unspecified atom stereocenters. The molecule has 0 aliphatic carbocycles. The van der Waals surface area contributed by atoms with Crippen molar-refractivity contribution < 1.29 is 23.9 Å². The largest absolute Gasteiger partial charge is 0.497 e. The van der Waals surface area contributed by atoms with Gasteiger partial charge in [-0.1, -0.05) is 24.3 Å². The molecule has 3 N–H and O–H groups in total. The molecule has 0 saturated carbocycles. The fourth-order valence-electron chi connectivity index (χ4n) is 3.53. The minimum Gasteiger partial charge on any atom is -0.497 e. The molecule has 3 aromatic carbocycles. The quantitative estimate of drug-likeness (QED) is 0.152. The molecule has 0 fully saturated rings. The Kier molecular flexibility index (Phi) is 9.98. The first-order valence-electron chi connectivity index (χ1n) is 12.1. The first kappa shape index (κ1) is 28.5. The number of anilines is 2. The van der Waals surface area contributed by atoms with Crippen LogP contribution in [0.4, 0.5) is 11.4 Å². The Hall–Kier alpha value is -4.54. The van der Waals surface area contributed by atoms with Crippen LogP contribution in [0.1, 0.15) is 15.2 Å². The van der Waals surface area contributed by atoms with Crippen molar-refractivity contribution in [2.24, 2.45) is 0 Å². The van der Waals surface area contributed by atoms with Crippen LogP contribution in [0.15, 0.2) is 101 Å². The van der Waals surface area contributed by atoms with Crippen LogP contribution in [0.5, 0.6) is 11.5 Å². The molecular weight excluding hydrogens is 546 g/mol. The number of thiophene rings is 1. The highest BCUT2D eigenvalue weighted by atomic mass is 32.2. The van der Waals surface area contributed by atoms with Gasteiger partial charge < -0.3 is 25.4 Å². The number of rotatable bonds is 11. The normalized spacial score (nSPS) is 10.9. The average Bonchev–Trinajstić information content (AvgIpc) is 3.50. The number of hydrogen-bond donors (Lipinski definition) is 3. The Bertz CT molecular complexity index is 1490. The van der Waals surface area contributed by atoms with E-state index in [1.54, 1.807) is 67.8 Å². The van der Waals surface area contributed by atoms with Crippen LogP contribution in [0, 0.1) is 0 Å². The number of carbonyl (C=O) groups excluding carboxylic acids is 3. The highest BCUT2D eigenvalue weighted by Crippen LogP contribution is 2.29. The highest BCUT2D eigenvalue weighted by Gasteiger charge is 2.16. The number of amides is 3. The van der Waals surface area contributed by atoms with Crippen LogP contribution < -0.4 is 25.4 Å². The Morgan fingerprint density at radius 2 is 1.65 bits per heavy atom. The zero-order valence-electron chi connectivity index (χ0n) is 21.8. The maximum Gasteiger partial charge on any atom is 0.272 e. The van der Waals surface area contributed by atoms with Crippen molar-refractivity contribution in [2.45, 2.75) is 4.90 Å². The molecule has 3 amide bonds. The third kappa shape index (κ3) is 7.98. The van der Waals surface area contributed by atoms with Crippen LogP contribution in [0.25, 0.3) is 6.08 Å². The molecule has 1 heterocycles. The second kappa shape index (κ2) is 14.0. The minimum absolute atomic E-state index is 0.125. The van der Waals surface area contributed by atoms with E-state index >= 15 is 0 Å². The molecule has 204 valence electrons. The van der Waals surface area contributed by atoms with Crippen molar-refractivity contribution in [1.82, 2.24) is 5.32 Å². The molecule has 40 heavy (non-hydrogen) atoms. The predicted molar refractivity (Wildman–Crippen MR) is 160 cm³/mol. The average molecular weight is 574 g/mol. The van der Waals surface area contributed by atoms with Crippen LogP contribution >= 0.6 is 23.1 Å². The van der Waals surface area contributed by atoms with Crippen molar-refractivity contribution in [1.29, 1.82) is 0 Å². The second-order valence-corrected chi connectivity index (χ2v) is 10.3. The fourth-order valence-corrected chi connectivity index (χ4v) is 4.88. The zero-order chi connectivity index (χ0) is 28.3. The number of thioether (sulfide) groups is 1. The molecule has 0 atom stereocenters. The maximum absolute atomic E-state index is 13.1. The fraction of sp³-hybridized carbons (Fsp3) is 0.100. The van der Waals surface area contributed by atoms with Gasteiger partial charge in [0.25, 0.3) is 11.8 Å². The zero-order valence-corrected chi connectivity index (χ0v) is 23.4. The number of methoxy groups -OCH3 is 2. The number of hydrogen-bond acceptors (Lipinski definition) is 7. The molecule has 4 rings (SSSR count). The first-order valence-corrected chi connectivity index (χ1v) is 14.0. The Morgan fingerprint density at radius 3 is 2.33 bits per heavy atom. The van der Waals surface area contributed by atoms with Crippen molar-refractivity contribution in [3.05, 3.63) is 106 Å². The van der Waals surface area contributed by atoms with Gasteiger partial charge in [-0.25, -0.2) is 0 Å². The van der Waals surface area contributed by atoms with Gasteiger partial charge in [0.05, 0.1) is 25.7 Å². The summed E-state index contributed by atoms with van der Waals surface area (Å²) in [5, 5.41) is 10.3. The third-order valence-corrected chi connectivity index (χ3v) is 7.35. The van der Waals surface area contributed by atoms with Crippen LogP contribution in [0.3, 0.4) is 0 Å². The molecule has 10 heteroatoms. The van der Waals surface area contributed by atoms with Gasteiger partial charge in [-0.2, -0.15) is 0 Å². The van der Waals surface area contributed by atoms with Crippen LogP contribution in [0.2, 0.25) is 0 Å². The van der Waals surface area contributed by atoms with E-state index in [0.29, 0.717) is 28.4 Å². The molecule has 0 saturated heterocycles. The van der Waals surface area contributed by atoms with E-state index < -0.39 is 5.91 Å². The topological polar surface area (TPSA) is 106 Å². The predicted octanol–water partition coefficient (Wildman–Crippen LogP) is 5.91. The number of benzene rings is 3. The lowest BCUT2D eigenvalue weighted by atomic mass is 10.2. The van der Waals surface area contributed by atoms with E-state index in [-0.39, 0.29) is 23.3 Å². The standard InChI is InChI=1S/C30H27N3O5S2/c1-37-22-12-15-25(27(17-22)38-2)32-28(34)19-40-23-13-10-21(11-14-23)31-30(36)26(18-24-9-6-16-39-24)33-29(35)20-7-4-3-5-8-20/h3-18H,19H2,1-2H3,(H,31,36)(H,32,34)(H,33,35)/b26-18-. The minimum atomic E-state index is -0.453. The van der Waals surface area contributed by atoms with E-state index in [1.807, 2.05) is 35.7 Å². The second-order valence-electron chi connectivity index (χ2n) is 8.28. The van der Waals surface area contributed by atoms with E-state index in [0.717, 1.165) is 9.77 Å². The monoisotopic (exact) mass is 573 g/mol.